The van der Waals surface area contributed by atoms with Gasteiger partial charge >= 0.3 is 169 Å². The summed E-state index contributed by atoms with van der Waals surface area (Å²) in [5.74, 6) is 0. The van der Waals surface area contributed by atoms with E-state index in [0.717, 1.165) is 0 Å². The van der Waals surface area contributed by atoms with Gasteiger partial charge < -0.3 is 8.56 Å². The summed E-state index contributed by atoms with van der Waals surface area (Å²) in [4.78, 5) is 0. The molecule has 2 N–H and O–H groups in total. The van der Waals surface area contributed by atoms with Crippen LogP contribution in [0.25, 0.3) is 0 Å². The Morgan fingerprint density at radius 3 is 1.21 bits per heavy atom. The van der Waals surface area contributed by atoms with Gasteiger partial charge in [0, 0.05) is 0 Å². The first-order valence-corrected chi connectivity index (χ1v) is 4.60. The van der Waals surface area contributed by atoms with Crippen LogP contribution in [0.1, 0.15) is 8.56 Å². The SMILES string of the molecule is O=S(O)OS(=O)OS(=O)O.[Ca+2].[Ca+2].[H-].[H-].[H-].[H-].[H-].[H-].[Na+].[Na+]. The predicted octanol–water partition coefficient (Wildman–Crippen LogP) is -7.21. The molecule has 74 valence electrons. The molecular weight excluding hydrogens is 334 g/mol. The van der Waals surface area contributed by atoms with Crippen LogP contribution >= 0.6 is 0 Å². The summed E-state index contributed by atoms with van der Waals surface area (Å²) in [5, 5.41) is 0. The van der Waals surface area contributed by atoms with Gasteiger partial charge in [-0.25, -0.2) is 0 Å². The van der Waals surface area contributed by atoms with E-state index in [4.69, 9.17) is 9.11 Å². The summed E-state index contributed by atoms with van der Waals surface area (Å²) in [5.41, 5.74) is 0. The average Bonchev–Trinajstić information content (AvgIpc) is 1.58. The van der Waals surface area contributed by atoms with Crippen molar-refractivity contribution in [2.24, 2.45) is 0 Å². The molecule has 0 aromatic rings. The van der Waals surface area contributed by atoms with Crippen LogP contribution in [-0.4, -0.2) is 97.2 Å². The summed E-state index contributed by atoms with van der Waals surface area (Å²) in [6, 6.07) is 0. The molecule has 0 rings (SSSR count). The van der Waals surface area contributed by atoms with Crippen LogP contribution in [0.4, 0.5) is 0 Å². The molecule has 0 amide bonds. The predicted molar refractivity (Wildman–Crippen MR) is 50.0 cm³/mol. The Morgan fingerprint density at radius 2 is 1.07 bits per heavy atom. The molecule has 0 aliphatic carbocycles. The molecule has 0 radical (unpaired) electrons. The van der Waals surface area contributed by atoms with Gasteiger partial charge in [-0.05, 0) is 0 Å². The van der Waals surface area contributed by atoms with E-state index in [1.54, 1.807) is 0 Å². The van der Waals surface area contributed by atoms with Crippen molar-refractivity contribution in [1.82, 2.24) is 0 Å². The minimum absolute atomic E-state index is 0. The quantitative estimate of drug-likeness (QED) is 0.386. The Morgan fingerprint density at radius 1 is 0.857 bits per heavy atom. The first-order chi connectivity index (χ1) is 4.52. The molecule has 0 heterocycles. The van der Waals surface area contributed by atoms with Crippen molar-refractivity contribution in [2.45, 2.75) is 0 Å². The Labute approximate surface area is 202 Å². The first kappa shape index (κ1) is 31.3. The molecule has 0 saturated heterocycles. The van der Waals surface area contributed by atoms with Crippen LogP contribution in [0.3, 0.4) is 0 Å². The molecule has 0 saturated carbocycles. The standard InChI is InChI=1S/2Ca.2Na.H2O7S3.6H/c;;;;1-8(2)6-10(5)7-9(3)4;;;;;;/h;;;;(H,1,2)(H,3,4);;;;;;/q2*+2;2*+1;;6*-1. The minimum atomic E-state index is -2.78. The van der Waals surface area contributed by atoms with E-state index in [2.05, 4.69) is 7.26 Å². The van der Waals surface area contributed by atoms with Crippen LogP contribution in [0.5, 0.6) is 0 Å². The Kier molecular flexibility index (Phi) is 45.0. The monoisotopic (exact) mass is 342 g/mol. The second-order valence-electron chi connectivity index (χ2n) is 0.774. The van der Waals surface area contributed by atoms with Crippen LogP contribution < -0.4 is 59.1 Å². The van der Waals surface area contributed by atoms with Crippen LogP contribution in [-0.2, 0) is 41.3 Å². The van der Waals surface area contributed by atoms with Crippen molar-refractivity contribution in [2.75, 3.05) is 0 Å². The van der Waals surface area contributed by atoms with Crippen molar-refractivity contribution in [1.29, 1.82) is 0 Å². The third-order valence-corrected chi connectivity index (χ3v) is 2.05. The minimum Gasteiger partial charge on any atom is -1.00 e. The van der Waals surface area contributed by atoms with Gasteiger partial charge in [0.05, 0.1) is 0 Å². The molecule has 7 nitrogen and oxygen atoms in total. The third-order valence-electron chi connectivity index (χ3n) is 0.228. The molecule has 0 aliphatic rings. The van der Waals surface area contributed by atoms with E-state index < -0.39 is 34.1 Å². The summed E-state index contributed by atoms with van der Waals surface area (Å²) in [6.45, 7) is 0. The molecule has 0 spiro atoms. The Hall–Kier alpha value is 4.81. The Bertz CT molecular complexity index is 185. The summed E-state index contributed by atoms with van der Waals surface area (Å²) < 4.78 is 51.9. The van der Waals surface area contributed by atoms with Gasteiger partial charge in [0.1, 0.15) is 0 Å². The van der Waals surface area contributed by atoms with Gasteiger partial charge in [0.25, 0.3) is 0 Å². The first-order valence-electron chi connectivity index (χ1n) is 1.53. The van der Waals surface area contributed by atoms with Crippen molar-refractivity contribution < 1.29 is 96.7 Å². The maximum Gasteiger partial charge on any atom is 2.00 e. The summed E-state index contributed by atoms with van der Waals surface area (Å²) >= 11 is -8.25. The van der Waals surface area contributed by atoms with E-state index in [9.17, 15) is 12.6 Å². The van der Waals surface area contributed by atoms with E-state index in [1.165, 1.54) is 0 Å². The number of hydrogen-bond donors (Lipinski definition) is 2. The summed E-state index contributed by atoms with van der Waals surface area (Å²) in [6.07, 6.45) is 0. The fraction of sp³-hybridized carbons (Fsp3) is 0. The normalized spacial score (nSPS) is 14.1. The zero-order chi connectivity index (χ0) is 8.15. The molecule has 14 heteroatoms. The zero-order valence-corrected chi connectivity index (χ0v) is 18.4. The third kappa shape index (κ3) is 25.6. The van der Waals surface area contributed by atoms with Gasteiger partial charge in [0.15, 0.2) is 0 Å². The Balaban J connectivity index is -0.00000000900. The van der Waals surface area contributed by atoms with E-state index >= 15 is 0 Å². The molecule has 0 aromatic carbocycles. The molecule has 0 fully saturated rings. The van der Waals surface area contributed by atoms with Crippen molar-refractivity contribution in [3.8, 4) is 0 Å². The van der Waals surface area contributed by atoms with Gasteiger partial charge in [0.2, 0.25) is 0 Å². The molecule has 14 heavy (non-hydrogen) atoms. The van der Waals surface area contributed by atoms with E-state index in [-0.39, 0.29) is 143 Å². The van der Waals surface area contributed by atoms with Crippen molar-refractivity contribution >= 4 is 110 Å². The number of hydrogen-bond acceptors (Lipinski definition) is 5. The van der Waals surface area contributed by atoms with Gasteiger partial charge in [-0.15, -0.1) is 7.26 Å². The molecule has 0 aliphatic heterocycles. The van der Waals surface area contributed by atoms with Crippen LogP contribution in [0.2, 0.25) is 0 Å². The molecular formula is H8Ca2Na2O7S3. The molecule has 2 unspecified atom stereocenters. The van der Waals surface area contributed by atoms with Gasteiger partial charge in [-0.3, -0.25) is 9.11 Å². The fourth-order valence-corrected chi connectivity index (χ4v) is 1.16. The fourth-order valence-electron chi connectivity index (χ4n) is 0.106. The van der Waals surface area contributed by atoms with Gasteiger partial charge in [-0.1, -0.05) is 0 Å². The van der Waals surface area contributed by atoms with Gasteiger partial charge in [-0.2, -0.15) is 12.6 Å². The largest absolute Gasteiger partial charge is 2.00 e. The second-order valence-corrected chi connectivity index (χ2v) is 3.14. The van der Waals surface area contributed by atoms with Crippen molar-refractivity contribution in [3.05, 3.63) is 0 Å². The topological polar surface area (TPSA) is 110 Å². The molecule has 0 aromatic heterocycles. The second kappa shape index (κ2) is 20.1. The van der Waals surface area contributed by atoms with Crippen LogP contribution in [0.15, 0.2) is 0 Å². The van der Waals surface area contributed by atoms with E-state index in [0.29, 0.717) is 0 Å². The van der Waals surface area contributed by atoms with Crippen molar-refractivity contribution in [3.63, 3.8) is 0 Å². The molecule has 2 atom stereocenters. The maximum atomic E-state index is 10.0. The summed E-state index contributed by atoms with van der Waals surface area (Å²) in [7, 11) is 0. The number of rotatable bonds is 4. The smallest absolute Gasteiger partial charge is 1.00 e. The molecule has 0 bridgehead atoms. The zero-order valence-electron chi connectivity index (χ0n) is 13.6. The van der Waals surface area contributed by atoms with Crippen LogP contribution in [0, 0.1) is 0 Å². The van der Waals surface area contributed by atoms with E-state index in [1.807, 2.05) is 0 Å². The average molecular weight is 342 g/mol. The maximum absolute atomic E-state index is 10.0.